The van der Waals surface area contributed by atoms with Gasteiger partial charge in [0.05, 0.1) is 6.21 Å². The maximum Gasteiger partial charge on any atom is 0.209 e. The van der Waals surface area contributed by atoms with Crippen molar-refractivity contribution in [3.05, 3.63) is 70.6 Å². The number of nitrogens with zero attached hydrogens (tertiary/aromatic N) is 2. The molecular formula is C18H17ClFN5. The Morgan fingerprint density at radius 2 is 2.04 bits per heavy atom. The Hall–Kier alpha value is -2.86. The van der Waals surface area contributed by atoms with Crippen molar-refractivity contribution >= 4 is 34.7 Å². The quantitative estimate of drug-likeness (QED) is 0.371. The van der Waals surface area contributed by atoms with Crippen molar-refractivity contribution in [2.45, 2.75) is 6.42 Å². The van der Waals surface area contributed by atoms with Gasteiger partial charge in [-0.2, -0.15) is 5.10 Å². The van der Waals surface area contributed by atoms with Crippen LogP contribution in [0.15, 0.2) is 58.8 Å². The number of fused-ring (bicyclic) bond motifs is 1. The topological polar surface area (TPSA) is 78.6 Å². The Bertz CT molecular complexity index is 915. The van der Waals surface area contributed by atoms with Crippen LogP contribution in [0.4, 0.5) is 4.39 Å². The van der Waals surface area contributed by atoms with Crippen molar-refractivity contribution in [3.8, 4) is 0 Å². The number of aromatic amines is 1. The van der Waals surface area contributed by atoms with Gasteiger partial charge in [0.25, 0.3) is 0 Å². The number of hydrogen-bond acceptors (Lipinski definition) is 2. The van der Waals surface area contributed by atoms with E-state index in [1.807, 2.05) is 24.3 Å². The molecule has 0 aliphatic rings. The molecule has 1 aromatic heterocycles. The Kier molecular flexibility index (Phi) is 5.30. The molecule has 3 aromatic rings. The Morgan fingerprint density at radius 1 is 1.24 bits per heavy atom. The molecule has 0 radical (unpaired) electrons. The molecule has 2 aromatic carbocycles. The molecule has 0 aliphatic heterocycles. The lowest BCUT2D eigenvalue weighted by Crippen LogP contribution is -2.27. The van der Waals surface area contributed by atoms with E-state index in [4.69, 9.17) is 17.3 Å². The molecule has 7 heteroatoms. The second-order valence-corrected chi connectivity index (χ2v) is 5.86. The minimum atomic E-state index is -0.301. The largest absolute Gasteiger partial charge is 0.369 e. The number of aliphatic imine (C=N–C) groups is 1. The van der Waals surface area contributed by atoms with Crippen LogP contribution in [0.3, 0.4) is 0 Å². The van der Waals surface area contributed by atoms with Gasteiger partial charge in [-0.3, -0.25) is 4.99 Å². The third kappa shape index (κ3) is 4.36. The van der Waals surface area contributed by atoms with Crippen LogP contribution in [0.25, 0.3) is 10.9 Å². The normalized spacial score (nSPS) is 12.2. The van der Waals surface area contributed by atoms with Crippen molar-refractivity contribution in [1.29, 1.82) is 0 Å². The second-order valence-electron chi connectivity index (χ2n) is 5.42. The van der Waals surface area contributed by atoms with Gasteiger partial charge in [0.1, 0.15) is 5.82 Å². The molecule has 0 bridgehead atoms. The lowest BCUT2D eigenvalue weighted by molar-refractivity contribution is 0.640. The molecular weight excluding hydrogens is 341 g/mol. The Labute approximate surface area is 149 Å². The lowest BCUT2D eigenvalue weighted by Gasteiger charge is -2.01. The molecule has 0 atom stereocenters. The molecule has 1 heterocycles. The standard InChI is InChI=1S/C18H17ClFN5/c19-14-6-4-12(5-7-14)8-9-22-18(21)25-24-11-13-10-23-16-3-1-2-15(20)17(13)16/h1-7,10-11,23H,8-9H2,(H3,21,22,25)/b24-11+. The number of halogens is 2. The smallest absolute Gasteiger partial charge is 0.209 e. The third-order valence-corrected chi connectivity index (χ3v) is 3.92. The Morgan fingerprint density at radius 3 is 2.84 bits per heavy atom. The molecule has 0 unspecified atom stereocenters. The van der Waals surface area contributed by atoms with Crippen LogP contribution in [0.1, 0.15) is 11.1 Å². The van der Waals surface area contributed by atoms with E-state index in [0.29, 0.717) is 28.0 Å². The summed E-state index contributed by atoms with van der Waals surface area (Å²) in [6, 6.07) is 12.4. The van der Waals surface area contributed by atoms with Gasteiger partial charge in [-0.05, 0) is 36.2 Å². The van der Waals surface area contributed by atoms with Crippen molar-refractivity contribution in [3.63, 3.8) is 0 Å². The number of hydrogen-bond donors (Lipinski definition) is 3. The number of benzene rings is 2. The van der Waals surface area contributed by atoms with E-state index in [1.54, 1.807) is 18.3 Å². The van der Waals surface area contributed by atoms with Crippen LogP contribution in [-0.4, -0.2) is 23.7 Å². The molecule has 5 nitrogen and oxygen atoms in total. The van der Waals surface area contributed by atoms with Crippen LogP contribution in [0.2, 0.25) is 5.02 Å². The van der Waals surface area contributed by atoms with Crippen LogP contribution < -0.4 is 11.2 Å². The molecule has 0 aliphatic carbocycles. The van der Waals surface area contributed by atoms with E-state index in [-0.39, 0.29) is 11.8 Å². The molecule has 0 saturated heterocycles. The zero-order valence-corrected chi connectivity index (χ0v) is 14.1. The maximum absolute atomic E-state index is 13.9. The summed E-state index contributed by atoms with van der Waals surface area (Å²) in [6.45, 7) is 0.525. The minimum Gasteiger partial charge on any atom is -0.369 e. The van der Waals surface area contributed by atoms with Crippen molar-refractivity contribution in [2.75, 3.05) is 6.54 Å². The first-order chi connectivity index (χ1) is 12.1. The van der Waals surface area contributed by atoms with Crippen LogP contribution in [0.5, 0.6) is 0 Å². The summed E-state index contributed by atoms with van der Waals surface area (Å²) in [5.74, 6) is -0.102. The summed E-state index contributed by atoms with van der Waals surface area (Å²) in [6.07, 6.45) is 3.94. The average Bonchev–Trinajstić information content (AvgIpc) is 3.01. The number of nitrogens with two attached hydrogens (primary N) is 1. The zero-order chi connectivity index (χ0) is 17.6. The maximum atomic E-state index is 13.9. The van der Waals surface area contributed by atoms with E-state index < -0.39 is 0 Å². The van der Waals surface area contributed by atoms with Gasteiger partial charge in [-0.15, -0.1) is 0 Å². The highest BCUT2D eigenvalue weighted by Crippen LogP contribution is 2.19. The van der Waals surface area contributed by atoms with Gasteiger partial charge < -0.3 is 10.7 Å². The predicted molar refractivity (Wildman–Crippen MR) is 101 cm³/mol. The first kappa shape index (κ1) is 17.0. The molecule has 0 spiro atoms. The first-order valence-electron chi connectivity index (χ1n) is 7.72. The summed E-state index contributed by atoms with van der Waals surface area (Å²) in [5.41, 5.74) is 10.9. The predicted octanol–water partition coefficient (Wildman–Crippen LogP) is 3.44. The van der Waals surface area contributed by atoms with Crippen molar-refractivity contribution in [2.24, 2.45) is 15.8 Å². The summed E-state index contributed by atoms with van der Waals surface area (Å²) >= 11 is 5.84. The summed E-state index contributed by atoms with van der Waals surface area (Å²) in [7, 11) is 0. The number of guanidine groups is 1. The van der Waals surface area contributed by atoms with Gasteiger partial charge in [-0.1, -0.05) is 29.8 Å². The molecule has 0 fully saturated rings. The van der Waals surface area contributed by atoms with E-state index in [0.717, 1.165) is 12.0 Å². The van der Waals surface area contributed by atoms with E-state index in [9.17, 15) is 4.39 Å². The molecule has 0 saturated carbocycles. The van der Waals surface area contributed by atoms with Gasteiger partial charge in [0.15, 0.2) is 0 Å². The summed E-state index contributed by atoms with van der Waals surface area (Å²) in [5, 5.41) is 5.20. The fourth-order valence-corrected chi connectivity index (χ4v) is 2.55. The van der Waals surface area contributed by atoms with E-state index >= 15 is 0 Å². The zero-order valence-electron chi connectivity index (χ0n) is 13.3. The molecule has 0 amide bonds. The lowest BCUT2D eigenvalue weighted by atomic mass is 10.1. The first-order valence-corrected chi connectivity index (χ1v) is 8.10. The van der Waals surface area contributed by atoms with Crippen molar-refractivity contribution in [1.82, 2.24) is 10.4 Å². The van der Waals surface area contributed by atoms with Crippen LogP contribution >= 0.6 is 11.6 Å². The summed E-state index contributed by atoms with van der Waals surface area (Å²) in [4.78, 5) is 7.19. The van der Waals surface area contributed by atoms with E-state index in [2.05, 4.69) is 20.5 Å². The highest BCUT2D eigenvalue weighted by Gasteiger charge is 2.06. The number of hydrazone groups is 1. The number of H-pyrrole nitrogens is 1. The average molecular weight is 358 g/mol. The summed E-state index contributed by atoms with van der Waals surface area (Å²) < 4.78 is 13.9. The molecule has 25 heavy (non-hydrogen) atoms. The molecule has 128 valence electrons. The minimum absolute atomic E-state index is 0.200. The third-order valence-electron chi connectivity index (χ3n) is 3.66. The fourth-order valence-electron chi connectivity index (χ4n) is 2.43. The highest BCUT2D eigenvalue weighted by molar-refractivity contribution is 6.30. The van der Waals surface area contributed by atoms with Gasteiger partial charge in [-0.25, -0.2) is 9.82 Å². The van der Waals surface area contributed by atoms with E-state index in [1.165, 1.54) is 12.3 Å². The highest BCUT2D eigenvalue weighted by atomic mass is 35.5. The van der Waals surface area contributed by atoms with Gasteiger partial charge >= 0.3 is 0 Å². The van der Waals surface area contributed by atoms with Gasteiger partial charge in [0.2, 0.25) is 5.96 Å². The molecule has 3 rings (SSSR count). The SMILES string of the molecule is NC(=NCCc1ccc(Cl)cc1)N/N=C/c1c[nH]c2cccc(F)c12. The van der Waals surface area contributed by atoms with Crippen molar-refractivity contribution < 1.29 is 4.39 Å². The monoisotopic (exact) mass is 357 g/mol. The molecule has 4 N–H and O–H groups in total. The van der Waals surface area contributed by atoms with Crippen LogP contribution in [-0.2, 0) is 6.42 Å². The number of rotatable bonds is 5. The van der Waals surface area contributed by atoms with Crippen LogP contribution in [0, 0.1) is 5.82 Å². The van der Waals surface area contributed by atoms with Gasteiger partial charge in [0, 0.05) is 34.2 Å². The fraction of sp³-hybridized carbons (Fsp3) is 0.111. The number of nitrogens with one attached hydrogen (secondary N) is 2. The second kappa shape index (κ2) is 7.81. The Balaban J connectivity index is 1.56. The number of aromatic nitrogens is 1.